The Kier molecular flexibility index (Phi) is 4.01. The molecular weight excluding hydrogens is 294 g/mol. The van der Waals surface area contributed by atoms with Gasteiger partial charge in [-0.2, -0.15) is 5.10 Å². The number of benzene rings is 1. The van der Waals surface area contributed by atoms with E-state index in [0.717, 1.165) is 16.9 Å². The summed E-state index contributed by atoms with van der Waals surface area (Å²) in [6.07, 6.45) is 3.08. The van der Waals surface area contributed by atoms with Gasteiger partial charge in [0.25, 0.3) is 11.5 Å². The van der Waals surface area contributed by atoms with Crippen LogP contribution in [0.25, 0.3) is 5.69 Å². The van der Waals surface area contributed by atoms with Crippen LogP contribution >= 0.6 is 0 Å². The Balaban J connectivity index is 1.66. The maximum atomic E-state index is 12.1. The lowest BCUT2D eigenvalue weighted by atomic mass is 10.2. The van der Waals surface area contributed by atoms with Crippen molar-refractivity contribution in [3.8, 4) is 5.69 Å². The van der Waals surface area contributed by atoms with Crippen LogP contribution in [0.15, 0.2) is 53.8 Å². The van der Waals surface area contributed by atoms with E-state index in [2.05, 4.69) is 20.4 Å². The van der Waals surface area contributed by atoms with Crippen LogP contribution in [0.3, 0.4) is 0 Å². The zero-order valence-corrected chi connectivity index (χ0v) is 12.5. The van der Waals surface area contributed by atoms with E-state index in [9.17, 15) is 9.59 Å². The number of pyridine rings is 1. The van der Waals surface area contributed by atoms with E-state index in [4.69, 9.17) is 0 Å². The van der Waals surface area contributed by atoms with Gasteiger partial charge >= 0.3 is 0 Å². The van der Waals surface area contributed by atoms with Crippen LogP contribution in [-0.2, 0) is 6.54 Å². The predicted molar refractivity (Wildman–Crippen MR) is 84.3 cm³/mol. The molecule has 0 fully saturated rings. The van der Waals surface area contributed by atoms with Crippen molar-refractivity contribution < 1.29 is 4.79 Å². The van der Waals surface area contributed by atoms with Crippen molar-refractivity contribution in [2.45, 2.75) is 13.5 Å². The first-order valence-corrected chi connectivity index (χ1v) is 7.05. The molecule has 0 atom stereocenters. The van der Waals surface area contributed by atoms with Crippen molar-refractivity contribution in [3.05, 3.63) is 76.2 Å². The van der Waals surface area contributed by atoms with E-state index < -0.39 is 5.91 Å². The molecule has 2 N–H and O–H groups in total. The first kappa shape index (κ1) is 14.7. The van der Waals surface area contributed by atoms with Crippen molar-refractivity contribution in [3.63, 3.8) is 0 Å². The summed E-state index contributed by atoms with van der Waals surface area (Å²) in [5, 5.41) is 6.78. The number of aryl methyl sites for hydroxylation is 1. The molecule has 1 amide bonds. The first-order valence-electron chi connectivity index (χ1n) is 7.05. The summed E-state index contributed by atoms with van der Waals surface area (Å²) in [4.78, 5) is 30.3. The molecule has 7 nitrogen and oxygen atoms in total. The Bertz CT molecular complexity index is 866. The van der Waals surface area contributed by atoms with Gasteiger partial charge in [-0.1, -0.05) is 12.1 Å². The van der Waals surface area contributed by atoms with Crippen LogP contribution in [0.5, 0.6) is 0 Å². The second-order valence-corrected chi connectivity index (χ2v) is 5.07. The molecule has 0 saturated carbocycles. The summed E-state index contributed by atoms with van der Waals surface area (Å²) in [6.45, 7) is 2.10. The zero-order chi connectivity index (χ0) is 16.2. The van der Waals surface area contributed by atoms with Crippen LogP contribution in [0, 0.1) is 6.92 Å². The fourth-order valence-corrected chi connectivity index (χ4v) is 2.14. The molecule has 7 heteroatoms. The van der Waals surface area contributed by atoms with Gasteiger partial charge in [0, 0.05) is 12.2 Å². The predicted octanol–water partition coefficient (Wildman–Crippen LogP) is 1.19. The average Bonchev–Trinajstić information content (AvgIpc) is 3.07. The largest absolute Gasteiger partial charge is 0.348 e. The van der Waals surface area contributed by atoms with Crippen LogP contribution in [0.4, 0.5) is 0 Å². The smallest absolute Gasteiger partial charge is 0.260 e. The molecule has 2 heterocycles. The van der Waals surface area contributed by atoms with Crippen molar-refractivity contribution in [1.29, 1.82) is 0 Å². The number of carbonyl (C=O) groups is 1. The highest BCUT2D eigenvalue weighted by Gasteiger charge is 2.09. The fraction of sp³-hybridized carbons (Fsp3) is 0.125. The minimum Gasteiger partial charge on any atom is -0.348 e. The van der Waals surface area contributed by atoms with Gasteiger partial charge in [0.15, 0.2) is 0 Å². The van der Waals surface area contributed by atoms with Gasteiger partial charge in [0.2, 0.25) is 0 Å². The van der Waals surface area contributed by atoms with E-state index in [0.29, 0.717) is 6.54 Å². The number of amides is 1. The second-order valence-electron chi connectivity index (χ2n) is 5.07. The molecule has 0 aliphatic carbocycles. The lowest BCUT2D eigenvalue weighted by molar-refractivity contribution is 0.0949. The average molecular weight is 309 g/mol. The van der Waals surface area contributed by atoms with Crippen LogP contribution in [0.1, 0.15) is 21.6 Å². The Morgan fingerprint density at radius 3 is 2.65 bits per heavy atom. The number of aromatic amines is 1. The van der Waals surface area contributed by atoms with Gasteiger partial charge in [0.05, 0.1) is 5.69 Å². The van der Waals surface area contributed by atoms with Crippen LogP contribution in [-0.4, -0.2) is 25.7 Å². The number of nitrogens with zero attached hydrogens (tertiary/aromatic N) is 3. The SMILES string of the molecule is Cc1ccc(C(=O)NCc2ccc(-n3cncn3)cc2)c(=O)[nH]1. The Hall–Kier alpha value is -3.22. The number of nitrogens with one attached hydrogen (secondary N) is 2. The third-order valence-corrected chi connectivity index (χ3v) is 3.37. The number of carbonyl (C=O) groups excluding carboxylic acids is 1. The molecule has 0 aliphatic rings. The van der Waals surface area contributed by atoms with Crippen molar-refractivity contribution in [1.82, 2.24) is 25.1 Å². The fourth-order valence-electron chi connectivity index (χ4n) is 2.14. The van der Waals surface area contributed by atoms with Crippen LogP contribution < -0.4 is 10.9 Å². The van der Waals surface area contributed by atoms with Gasteiger partial charge < -0.3 is 10.3 Å². The summed E-state index contributed by atoms with van der Waals surface area (Å²) < 4.78 is 1.65. The summed E-state index contributed by atoms with van der Waals surface area (Å²) in [7, 11) is 0. The number of hydrogen-bond acceptors (Lipinski definition) is 4. The lowest BCUT2D eigenvalue weighted by Gasteiger charge is -2.06. The van der Waals surface area contributed by atoms with Crippen molar-refractivity contribution in [2.24, 2.45) is 0 Å². The van der Waals surface area contributed by atoms with E-state index >= 15 is 0 Å². The van der Waals surface area contributed by atoms with Gasteiger partial charge in [-0.15, -0.1) is 0 Å². The molecule has 23 heavy (non-hydrogen) atoms. The van der Waals surface area contributed by atoms with Gasteiger partial charge in [-0.05, 0) is 36.8 Å². The first-order chi connectivity index (χ1) is 11.1. The molecule has 0 spiro atoms. The van der Waals surface area contributed by atoms with Gasteiger partial charge in [-0.25, -0.2) is 9.67 Å². The summed E-state index contributed by atoms with van der Waals surface area (Å²) in [6, 6.07) is 10.8. The molecule has 116 valence electrons. The molecule has 2 aromatic heterocycles. The van der Waals surface area contributed by atoms with Gasteiger partial charge in [-0.3, -0.25) is 9.59 Å². The maximum absolute atomic E-state index is 12.1. The van der Waals surface area contributed by atoms with E-state index in [-0.39, 0.29) is 11.1 Å². The highest BCUT2D eigenvalue weighted by atomic mass is 16.2. The quantitative estimate of drug-likeness (QED) is 0.757. The highest BCUT2D eigenvalue weighted by molar-refractivity contribution is 5.93. The molecule has 3 rings (SSSR count). The molecule has 3 aromatic rings. The number of H-pyrrole nitrogens is 1. The monoisotopic (exact) mass is 309 g/mol. The van der Waals surface area contributed by atoms with Crippen molar-refractivity contribution >= 4 is 5.91 Å². The molecule has 1 aromatic carbocycles. The molecule has 0 saturated heterocycles. The van der Waals surface area contributed by atoms with Crippen molar-refractivity contribution in [2.75, 3.05) is 0 Å². The summed E-state index contributed by atoms with van der Waals surface area (Å²) >= 11 is 0. The summed E-state index contributed by atoms with van der Waals surface area (Å²) in [5.74, 6) is -0.397. The Labute approximate surface area is 132 Å². The molecule has 0 unspecified atom stereocenters. The van der Waals surface area contributed by atoms with Gasteiger partial charge in [0.1, 0.15) is 18.2 Å². The standard InChI is InChI=1S/C16H15N5O2/c1-11-2-7-14(16(23)20-11)15(22)18-8-12-3-5-13(6-4-12)21-10-17-9-19-21/h2-7,9-10H,8H2,1H3,(H,18,22)(H,20,23). The highest BCUT2D eigenvalue weighted by Crippen LogP contribution is 2.08. The molecular formula is C16H15N5O2. The number of hydrogen-bond donors (Lipinski definition) is 2. The Morgan fingerprint density at radius 1 is 1.22 bits per heavy atom. The maximum Gasteiger partial charge on any atom is 0.260 e. The van der Waals surface area contributed by atoms with E-state index in [1.807, 2.05) is 24.3 Å². The normalized spacial score (nSPS) is 10.5. The Morgan fingerprint density at radius 2 is 2.00 bits per heavy atom. The van der Waals surface area contributed by atoms with E-state index in [1.54, 1.807) is 24.0 Å². The third kappa shape index (κ3) is 3.34. The molecule has 0 bridgehead atoms. The second kappa shape index (κ2) is 6.27. The lowest BCUT2D eigenvalue weighted by Crippen LogP contribution is -2.29. The summed E-state index contributed by atoms with van der Waals surface area (Å²) in [5.41, 5.74) is 2.24. The number of aromatic nitrogens is 4. The molecule has 0 radical (unpaired) electrons. The number of rotatable bonds is 4. The van der Waals surface area contributed by atoms with Crippen LogP contribution in [0.2, 0.25) is 0 Å². The zero-order valence-electron chi connectivity index (χ0n) is 12.5. The molecule has 0 aliphatic heterocycles. The minimum atomic E-state index is -0.397. The van der Waals surface area contributed by atoms with E-state index in [1.165, 1.54) is 12.4 Å². The third-order valence-electron chi connectivity index (χ3n) is 3.37. The topological polar surface area (TPSA) is 92.7 Å². The minimum absolute atomic E-state index is 0.106.